The van der Waals surface area contributed by atoms with Crippen molar-refractivity contribution in [1.82, 2.24) is 4.90 Å². The number of ether oxygens (including phenoxy) is 1. The highest BCUT2D eigenvalue weighted by Crippen LogP contribution is 2.34. The maximum Gasteiger partial charge on any atom is 0.228 e. The van der Waals surface area contributed by atoms with Crippen molar-refractivity contribution < 1.29 is 14.6 Å². The molecular formula is C14H25NO3. The summed E-state index contributed by atoms with van der Waals surface area (Å²) >= 11 is 0. The fraction of sp³-hybridized carbons (Fsp3) is 0.929. The van der Waals surface area contributed by atoms with Gasteiger partial charge in [0.1, 0.15) is 0 Å². The Balaban J connectivity index is 2.10. The lowest BCUT2D eigenvalue weighted by atomic mass is 9.87. The first kappa shape index (κ1) is 13.8. The van der Waals surface area contributed by atoms with E-state index in [2.05, 4.69) is 6.92 Å². The Morgan fingerprint density at radius 2 is 2.00 bits per heavy atom. The van der Waals surface area contributed by atoms with Crippen LogP contribution in [0.5, 0.6) is 0 Å². The van der Waals surface area contributed by atoms with Gasteiger partial charge in [-0.25, -0.2) is 0 Å². The number of hydrogen-bond acceptors (Lipinski definition) is 3. The minimum absolute atomic E-state index is 0.0104. The zero-order valence-electron chi connectivity index (χ0n) is 11.6. The molecule has 0 aromatic carbocycles. The molecule has 4 heteroatoms. The molecule has 0 saturated carbocycles. The van der Waals surface area contributed by atoms with E-state index in [0.29, 0.717) is 0 Å². The molecule has 4 nitrogen and oxygen atoms in total. The molecule has 2 saturated heterocycles. The third kappa shape index (κ3) is 2.41. The summed E-state index contributed by atoms with van der Waals surface area (Å²) < 4.78 is 5.76. The van der Waals surface area contributed by atoms with E-state index in [0.717, 1.165) is 25.8 Å². The van der Waals surface area contributed by atoms with Gasteiger partial charge in [0.2, 0.25) is 5.91 Å². The number of carbonyl (C=O) groups is 1. The van der Waals surface area contributed by atoms with Gasteiger partial charge in [-0.2, -0.15) is 0 Å². The maximum absolute atomic E-state index is 12.7. The van der Waals surface area contributed by atoms with Gasteiger partial charge in [-0.05, 0) is 39.0 Å². The lowest BCUT2D eigenvalue weighted by Crippen LogP contribution is -2.50. The van der Waals surface area contributed by atoms with Gasteiger partial charge in [0.05, 0.1) is 30.8 Å². The van der Waals surface area contributed by atoms with Crippen molar-refractivity contribution in [2.45, 2.75) is 58.3 Å². The van der Waals surface area contributed by atoms with Crippen LogP contribution in [0.1, 0.15) is 40.0 Å². The maximum atomic E-state index is 12.7. The van der Waals surface area contributed by atoms with Crippen LogP contribution in [0.2, 0.25) is 0 Å². The van der Waals surface area contributed by atoms with Gasteiger partial charge in [-0.3, -0.25) is 4.79 Å². The second kappa shape index (κ2) is 5.57. The molecule has 1 N–H and O–H groups in total. The average Bonchev–Trinajstić information content (AvgIpc) is 2.62. The largest absolute Gasteiger partial charge is 0.394 e. The Labute approximate surface area is 109 Å². The molecule has 0 aromatic heterocycles. The van der Waals surface area contributed by atoms with Crippen molar-refractivity contribution in [3.8, 4) is 0 Å². The van der Waals surface area contributed by atoms with Gasteiger partial charge in [0.25, 0.3) is 0 Å². The molecule has 1 amide bonds. The minimum Gasteiger partial charge on any atom is -0.394 e. The number of aliphatic hydroxyl groups is 1. The number of piperidine rings is 1. The van der Waals surface area contributed by atoms with Crippen molar-refractivity contribution in [3.05, 3.63) is 0 Å². The van der Waals surface area contributed by atoms with Gasteiger partial charge in [-0.15, -0.1) is 0 Å². The second-order valence-electron chi connectivity index (χ2n) is 5.80. The van der Waals surface area contributed by atoms with Gasteiger partial charge in [0, 0.05) is 6.54 Å². The molecule has 5 atom stereocenters. The summed E-state index contributed by atoms with van der Waals surface area (Å²) in [6.07, 6.45) is 3.22. The fourth-order valence-corrected chi connectivity index (χ4v) is 3.36. The molecule has 2 aliphatic heterocycles. The Bertz CT molecular complexity index is 307. The molecule has 0 aromatic rings. The van der Waals surface area contributed by atoms with Crippen molar-refractivity contribution in [1.29, 1.82) is 0 Å². The fourth-order valence-electron chi connectivity index (χ4n) is 3.36. The van der Waals surface area contributed by atoms with Gasteiger partial charge in [-0.1, -0.05) is 6.92 Å². The van der Waals surface area contributed by atoms with E-state index in [1.54, 1.807) is 0 Å². The van der Waals surface area contributed by atoms with Crippen LogP contribution in [-0.2, 0) is 9.53 Å². The Morgan fingerprint density at radius 1 is 1.28 bits per heavy atom. The molecule has 0 radical (unpaired) electrons. The Hall–Kier alpha value is -0.610. The molecule has 0 bridgehead atoms. The lowest BCUT2D eigenvalue weighted by Gasteiger charge is -2.37. The topological polar surface area (TPSA) is 49.8 Å². The summed E-state index contributed by atoms with van der Waals surface area (Å²) in [6, 6.07) is 0.0153. The van der Waals surface area contributed by atoms with E-state index in [1.807, 2.05) is 18.7 Å². The van der Waals surface area contributed by atoms with E-state index in [-0.39, 0.29) is 42.6 Å². The third-order valence-electron chi connectivity index (χ3n) is 4.65. The third-order valence-corrected chi connectivity index (χ3v) is 4.65. The van der Waals surface area contributed by atoms with Crippen LogP contribution in [0, 0.1) is 11.8 Å². The number of rotatable bonds is 2. The highest BCUT2D eigenvalue weighted by atomic mass is 16.5. The summed E-state index contributed by atoms with van der Waals surface area (Å²) in [7, 11) is 0. The SMILES string of the molecule is CC1OC(C)C(C(=O)N2CCCCC2CO)C1C. The molecule has 5 unspecified atom stereocenters. The standard InChI is InChI=1S/C14H25NO3/c1-9-10(2)18-11(3)13(9)14(17)15-7-5-4-6-12(15)8-16/h9-13,16H,4-8H2,1-3H3. The highest BCUT2D eigenvalue weighted by Gasteiger charge is 2.44. The van der Waals surface area contributed by atoms with Crippen LogP contribution in [-0.4, -0.2) is 47.3 Å². The second-order valence-corrected chi connectivity index (χ2v) is 5.80. The van der Waals surface area contributed by atoms with Crippen LogP contribution < -0.4 is 0 Å². The van der Waals surface area contributed by atoms with Crippen LogP contribution in [0.3, 0.4) is 0 Å². The molecule has 2 aliphatic rings. The van der Waals surface area contributed by atoms with E-state index in [9.17, 15) is 9.90 Å². The minimum atomic E-state index is -0.0489. The molecule has 104 valence electrons. The zero-order chi connectivity index (χ0) is 13.3. The number of nitrogens with zero attached hydrogens (tertiary/aromatic N) is 1. The molecule has 0 spiro atoms. The number of aliphatic hydroxyl groups excluding tert-OH is 1. The van der Waals surface area contributed by atoms with Gasteiger partial charge < -0.3 is 14.7 Å². The van der Waals surface area contributed by atoms with Crippen molar-refractivity contribution in [2.24, 2.45) is 11.8 Å². The molecule has 0 aliphatic carbocycles. The molecule has 2 rings (SSSR count). The average molecular weight is 255 g/mol. The Morgan fingerprint density at radius 3 is 2.56 bits per heavy atom. The first-order valence-electron chi connectivity index (χ1n) is 7.13. The van der Waals surface area contributed by atoms with Crippen molar-refractivity contribution in [3.63, 3.8) is 0 Å². The summed E-state index contributed by atoms with van der Waals surface area (Å²) in [6.45, 7) is 6.98. The van der Waals surface area contributed by atoms with E-state index in [1.165, 1.54) is 0 Å². The number of amides is 1. The Kier molecular flexibility index (Phi) is 4.28. The summed E-state index contributed by atoms with van der Waals surface area (Å²) in [5.74, 6) is 0.388. The smallest absolute Gasteiger partial charge is 0.228 e. The van der Waals surface area contributed by atoms with Crippen LogP contribution >= 0.6 is 0 Å². The molecule has 2 heterocycles. The van der Waals surface area contributed by atoms with Crippen molar-refractivity contribution in [2.75, 3.05) is 13.2 Å². The van der Waals surface area contributed by atoms with E-state index in [4.69, 9.17) is 4.74 Å². The van der Waals surface area contributed by atoms with Crippen LogP contribution in [0.15, 0.2) is 0 Å². The first-order valence-corrected chi connectivity index (χ1v) is 7.13. The van der Waals surface area contributed by atoms with Crippen LogP contribution in [0.4, 0.5) is 0 Å². The normalized spacial score (nSPS) is 41.1. The summed E-state index contributed by atoms with van der Waals surface area (Å²) in [4.78, 5) is 14.6. The summed E-state index contributed by atoms with van der Waals surface area (Å²) in [5.41, 5.74) is 0. The number of hydrogen-bond donors (Lipinski definition) is 1. The predicted octanol–water partition coefficient (Wildman–Crippen LogP) is 1.42. The van der Waals surface area contributed by atoms with E-state index >= 15 is 0 Å². The van der Waals surface area contributed by atoms with Gasteiger partial charge in [0.15, 0.2) is 0 Å². The lowest BCUT2D eigenvalue weighted by molar-refractivity contribution is -0.142. The monoisotopic (exact) mass is 255 g/mol. The molecule has 18 heavy (non-hydrogen) atoms. The first-order chi connectivity index (χ1) is 8.56. The van der Waals surface area contributed by atoms with Crippen LogP contribution in [0.25, 0.3) is 0 Å². The van der Waals surface area contributed by atoms with Crippen molar-refractivity contribution >= 4 is 5.91 Å². The quantitative estimate of drug-likeness (QED) is 0.812. The summed E-state index contributed by atoms with van der Waals surface area (Å²) in [5, 5.41) is 9.41. The number of carbonyl (C=O) groups excluding carboxylic acids is 1. The predicted molar refractivity (Wildman–Crippen MR) is 69.1 cm³/mol. The van der Waals surface area contributed by atoms with E-state index < -0.39 is 0 Å². The molecule has 2 fully saturated rings. The zero-order valence-corrected chi connectivity index (χ0v) is 11.6. The van der Waals surface area contributed by atoms with Gasteiger partial charge >= 0.3 is 0 Å². The highest BCUT2D eigenvalue weighted by molar-refractivity contribution is 5.80. The molecular weight excluding hydrogens is 230 g/mol. The number of likely N-dealkylation sites (tertiary alicyclic amines) is 1.